The van der Waals surface area contributed by atoms with E-state index in [1.54, 1.807) is 12.1 Å². The van der Waals surface area contributed by atoms with Gasteiger partial charge in [-0.25, -0.2) is 15.0 Å². The molecule has 4 rings (SSSR count). The number of nitrogens with zero attached hydrogens (tertiary/aromatic N) is 6. The highest BCUT2D eigenvalue weighted by Crippen LogP contribution is 2.34. The Kier molecular flexibility index (Phi) is 7.11. The van der Waals surface area contributed by atoms with Crippen LogP contribution in [-0.2, 0) is 12.0 Å². The number of aliphatic imine (C=N–C) groups is 1. The van der Waals surface area contributed by atoms with Crippen molar-refractivity contribution < 1.29 is 4.79 Å². The van der Waals surface area contributed by atoms with Gasteiger partial charge in [0.25, 0.3) is 5.91 Å². The molecule has 1 atom stereocenters. The van der Waals surface area contributed by atoms with Gasteiger partial charge in [0.2, 0.25) is 5.96 Å². The molecule has 0 saturated heterocycles. The number of nitrogens with one attached hydrogen (secondary N) is 2. The molecule has 3 aromatic rings. The minimum atomic E-state index is -0.641. The van der Waals surface area contributed by atoms with E-state index in [1.807, 2.05) is 82.0 Å². The lowest BCUT2D eigenvalue weighted by Crippen LogP contribution is -2.39. The van der Waals surface area contributed by atoms with Crippen LogP contribution in [0, 0.1) is 18.3 Å². The number of guanidine groups is 1. The summed E-state index contributed by atoms with van der Waals surface area (Å²) in [4.78, 5) is 30.7. The number of rotatable bonds is 6. The average Bonchev–Trinajstić information content (AvgIpc) is 2.89. The lowest BCUT2D eigenvalue weighted by molar-refractivity contribution is 0.102. The van der Waals surface area contributed by atoms with E-state index in [1.165, 1.54) is 6.33 Å². The third-order valence-corrected chi connectivity index (χ3v) is 6.70. The number of amides is 1. The van der Waals surface area contributed by atoms with Crippen molar-refractivity contribution in [1.29, 1.82) is 5.26 Å². The van der Waals surface area contributed by atoms with Crippen LogP contribution >= 0.6 is 0 Å². The fourth-order valence-corrected chi connectivity index (χ4v) is 4.18. The minimum Gasteiger partial charge on any atom is -0.349 e. The molecule has 1 unspecified atom stereocenters. The van der Waals surface area contributed by atoms with Gasteiger partial charge in [-0.3, -0.25) is 4.79 Å². The molecule has 1 amide bonds. The normalized spacial score (nSPS) is 14.1. The fraction of sp³-hybridized carbons (Fsp3) is 0.321. The quantitative estimate of drug-likeness (QED) is 0.496. The van der Waals surface area contributed by atoms with Crippen LogP contribution in [0.25, 0.3) is 0 Å². The van der Waals surface area contributed by atoms with Gasteiger partial charge in [0.15, 0.2) is 5.82 Å². The Labute approximate surface area is 217 Å². The molecule has 9 heteroatoms. The van der Waals surface area contributed by atoms with E-state index in [9.17, 15) is 10.1 Å². The van der Waals surface area contributed by atoms with Crippen LogP contribution in [0.2, 0.25) is 0 Å². The molecular weight excluding hydrogens is 464 g/mol. The van der Waals surface area contributed by atoms with Crippen LogP contribution in [0.4, 0.5) is 22.9 Å². The molecule has 0 saturated carbocycles. The molecule has 0 spiro atoms. The molecule has 0 bridgehead atoms. The summed E-state index contributed by atoms with van der Waals surface area (Å²) in [6.07, 6.45) is 2.19. The summed E-state index contributed by atoms with van der Waals surface area (Å²) in [7, 11) is 5.88. The van der Waals surface area contributed by atoms with Crippen molar-refractivity contribution in [3.8, 4) is 6.07 Å². The number of benzene rings is 2. The van der Waals surface area contributed by atoms with E-state index >= 15 is 0 Å². The lowest BCUT2D eigenvalue weighted by Gasteiger charge is -2.30. The number of hydrogen-bond acceptors (Lipinski definition) is 8. The molecule has 2 N–H and O–H groups in total. The molecule has 9 nitrogen and oxygen atoms in total. The van der Waals surface area contributed by atoms with Gasteiger partial charge in [-0.1, -0.05) is 25.1 Å². The number of fused-ring (bicyclic) bond motifs is 1. The first-order valence-corrected chi connectivity index (χ1v) is 12.2. The van der Waals surface area contributed by atoms with Crippen molar-refractivity contribution in [2.75, 3.05) is 31.8 Å². The molecule has 1 aliphatic heterocycles. The van der Waals surface area contributed by atoms with Gasteiger partial charge in [-0.15, -0.1) is 0 Å². The average molecular weight is 497 g/mol. The maximum atomic E-state index is 13.1. The second kappa shape index (κ2) is 10.3. The SMILES string of the molecule is CCC(C)(C#N)c1cccc(C(=O)Nc2ccc(C)c(Nc3ncnc4c3N=C(N(C)C)N(C)C4)c2)c1. The number of aryl methyl sites for hydroxylation is 1. The summed E-state index contributed by atoms with van der Waals surface area (Å²) in [5.41, 5.74) is 4.66. The highest BCUT2D eigenvalue weighted by Gasteiger charge is 2.25. The summed E-state index contributed by atoms with van der Waals surface area (Å²) in [6, 6.07) is 15.3. The zero-order valence-corrected chi connectivity index (χ0v) is 22.1. The maximum absolute atomic E-state index is 13.1. The molecule has 37 heavy (non-hydrogen) atoms. The van der Waals surface area contributed by atoms with Crippen LogP contribution in [0.3, 0.4) is 0 Å². The summed E-state index contributed by atoms with van der Waals surface area (Å²) in [6.45, 7) is 6.47. The van der Waals surface area contributed by atoms with E-state index in [2.05, 4.69) is 26.7 Å². The van der Waals surface area contributed by atoms with E-state index < -0.39 is 5.41 Å². The van der Waals surface area contributed by atoms with Crippen molar-refractivity contribution in [2.24, 2.45) is 4.99 Å². The van der Waals surface area contributed by atoms with Crippen molar-refractivity contribution >= 4 is 34.7 Å². The predicted octanol–water partition coefficient (Wildman–Crippen LogP) is 4.97. The smallest absolute Gasteiger partial charge is 0.255 e. The standard InChI is InChI=1S/C28H32N8O/c1-7-28(3,16-29)20-10-8-9-19(13-20)26(37)32-21-12-11-18(2)22(14-21)33-25-24-23(30-17-31-25)15-36(6)27(34-24)35(4)5/h8-14,17H,7,15H2,1-6H3,(H,32,37)(H,30,31,33). The zero-order chi connectivity index (χ0) is 26.7. The van der Waals surface area contributed by atoms with Gasteiger partial charge in [-0.05, 0) is 55.7 Å². The second-order valence-corrected chi connectivity index (χ2v) is 9.67. The van der Waals surface area contributed by atoms with Gasteiger partial charge in [0.1, 0.15) is 12.0 Å². The van der Waals surface area contributed by atoms with Gasteiger partial charge in [0, 0.05) is 38.1 Å². The Balaban J connectivity index is 1.60. The fourth-order valence-electron chi connectivity index (χ4n) is 4.18. The van der Waals surface area contributed by atoms with Gasteiger partial charge in [0.05, 0.1) is 23.7 Å². The van der Waals surface area contributed by atoms with E-state index in [0.29, 0.717) is 35.7 Å². The minimum absolute atomic E-state index is 0.240. The third-order valence-electron chi connectivity index (χ3n) is 6.70. The number of carbonyl (C=O) groups excluding carboxylic acids is 1. The summed E-state index contributed by atoms with van der Waals surface area (Å²) >= 11 is 0. The Morgan fingerprint density at radius 2 is 2.00 bits per heavy atom. The zero-order valence-electron chi connectivity index (χ0n) is 22.1. The Morgan fingerprint density at radius 1 is 1.22 bits per heavy atom. The van der Waals surface area contributed by atoms with Crippen molar-refractivity contribution in [1.82, 2.24) is 19.8 Å². The molecule has 2 heterocycles. The van der Waals surface area contributed by atoms with Crippen molar-refractivity contribution in [2.45, 2.75) is 39.2 Å². The molecule has 0 fully saturated rings. The van der Waals surface area contributed by atoms with Gasteiger partial charge < -0.3 is 20.4 Å². The predicted molar refractivity (Wildman–Crippen MR) is 146 cm³/mol. The van der Waals surface area contributed by atoms with Crippen molar-refractivity contribution in [3.05, 3.63) is 71.2 Å². The number of aromatic nitrogens is 2. The van der Waals surface area contributed by atoms with Crippen LogP contribution in [0.15, 0.2) is 53.8 Å². The van der Waals surface area contributed by atoms with Crippen LogP contribution in [-0.4, -0.2) is 52.8 Å². The van der Waals surface area contributed by atoms with Crippen molar-refractivity contribution in [3.63, 3.8) is 0 Å². The summed E-state index contributed by atoms with van der Waals surface area (Å²) < 4.78 is 0. The molecule has 0 aliphatic carbocycles. The third kappa shape index (κ3) is 5.23. The van der Waals surface area contributed by atoms with E-state index in [4.69, 9.17) is 4.99 Å². The molecule has 0 radical (unpaired) electrons. The summed E-state index contributed by atoms with van der Waals surface area (Å²) in [5, 5.41) is 16.0. The van der Waals surface area contributed by atoms with Crippen LogP contribution in [0.1, 0.15) is 47.4 Å². The van der Waals surface area contributed by atoms with E-state index in [-0.39, 0.29) is 5.91 Å². The summed E-state index contributed by atoms with van der Waals surface area (Å²) in [5.74, 6) is 1.18. The van der Waals surface area contributed by atoms with Gasteiger partial charge in [-0.2, -0.15) is 5.26 Å². The first kappa shape index (κ1) is 25.6. The monoisotopic (exact) mass is 496 g/mol. The largest absolute Gasteiger partial charge is 0.349 e. The second-order valence-electron chi connectivity index (χ2n) is 9.67. The lowest BCUT2D eigenvalue weighted by atomic mass is 9.81. The maximum Gasteiger partial charge on any atom is 0.255 e. The number of nitriles is 1. The number of hydrogen-bond donors (Lipinski definition) is 2. The van der Waals surface area contributed by atoms with Crippen LogP contribution < -0.4 is 10.6 Å². The molecule has 1 aromatic heterocycles. The first-order valence-electron chi connectivity index (χ1n) is 12.2. The number of carbonyl (C=O) groups is 1. The Morgan fingerprint density at radius 3 is 2.70 bits per heavy atom. The highest BCUT2D eigenvalue weighted by atomic mass is 16.1. The Bertz CT molecular complexity index is 1410. The first-order chi connectivity index (χ1) is 17.6. The topological polar surface area (TPSA) is 110 Å². The Hall–Kier alpha value is -4.45. The van der Waals surface area contributed by atoms with Crippen LogP contribution in [0.5, 0.6) is 0 Å². The molecular formula is C28H32N8O. The molecule has 1 aliphatic rings. The highest BCUT2D eigenvalue weighted by molar-refractivity contribution is 6.04. The molecule has 190 valence electrons. The molecule has 2 aromatic carbocycles. The van der Waals surface area contributed by atoms with E-state index in [0.717, 1.165) is 28.5 Å². The number of anilines is 3. The van der Waals surface area contributed by atoms with Gasteiger partial charge >= 0.3 is 0 Å².